The van der Waals surface area contributed by atoms with Gasteiger partial charge in [-0.3, -0.25) is 10.6 Å². The van der Waals surface area contributed by atoms with Gasteiger partial charge in [-0.05, 0) is 125 Å². The molecule has 14 nitrogen and oxygen atoms in total. The number of ether oxygens (including phenoxy) is 4. The minimum Gasteiger partial charge on any atom is -0.444 e. The Balaban J connectivity index is 1.79. The van der Waals surface area contributed by atoms with Crippen LogP contribution in [0.2, 0.25) is 0 Å². The Bertz CT molecular complexity index is 1550. The molecular formula is C37H52N6O8. The number of alkyl carbamates (subject to hydrolysis) is 2. The lowest BCUT2D eigenvalue weighted by molar-refractivity contribution is 0.0371. The van der Waals surface area contributed by atoms with Crippen LogP contribution in [0, 0.1) is 0 Å². The number of hydrogen-bond donors (Lipinski definition) is 2. The van der Waals surface area contributed by atoms with Crippen molar-refractivity contribution in [3.8, 4) is 0 Å². The van der Waals surface area contributed by atoms with Crippen LogP contribution in [0.25, 0.3) is 0 Å². The Morgan fingerprint density at radius 3 is 1.27 bits per heavy atom. The third-order valence-electron chi connectivity index (χ3n) is 6.25. The van der Waals surface area contributed by atoms with E-state index in [2.05, 4.69) is 20.6 Å². The lowest BCUT2D eigenvalue weighted by atomic mass is 10.0. The van der Waals surface area contributed by atoms with E-state index in [-0.39, 0.29) is 25.0 Å². The van der Waals surface area contributed by atoms with Gasteiger partial charge in [-0.25, -0.2) is 39.0 Å². The minimum atomic E-state index is -0.787. The molecule has 0 aromatic heterocycles. The van der Waals surface area contributed by atoms with Gasteiger partial charge >= 0.3 is 24.4 Å². The highest BCUT2D eigenvalue weighted by Crippen LogP contribution is 2.24. The standard InChI is InChI=1S/C37H52N6O8/c1-34(2,3)48-30(44)40-28(41-31(45)49-35(4,5)6)38-26-17-13-24(14-18-26)23-25-15-19-27(20-16-25)39-29-42(32(46)50-36(7,8)9)21-22-43(29)33(47)51-37(10,11)12/h13-20H,21-23H2,1-12H3,(H2,38,40,41,44,45). The highest BCUT2D eigenvalue weighted by molar-refractivity contribution is 6.04. The summed E-state index contributed by atoms with van der Waals surface area (Å²) in [6.45, 7) is 21.4. The third kappa shape index (κ3) is 14.3. The highest BCUT2D eigenvalue weighted by atomic mass is 16.6. The van der Waals surface area contributed by atoms with E-state index in [4.69, 9.17) is 18.9 Å². The first kappa shape index (κ1) is 40.3. The Kier molecular flexibility index (Phi) is 12.5. The van der Waals surface area contributed by atoms with Crippen molar-refractivity contribution in [2.24, 2.45) is 9.98 Å². The van der Waals surface area contributed by atoms with Crippen LogP contribution in [0.3, 0.4) is 0 Å². The minimum absolute atomic E-state index is 0.129. The topological polar surface area (TPSA) is 160 Å². The molecule has 2 N–H and O–H groups in total. The van der Waals surface area contributed by atoms with Gasteiger partial charge < -0.3 is 18.9 Å². The molecule has 0 spiro atoms. The van der Waals surface area contributed by atoms with Crippen molar-refractivity contribution in [2.75, 3.05) is 13.1 Å². The van der Waals surface area contributed by atoms with Crippen LogP contribution >= 0.6 is 0 Å². The lowest BCUT2D eigenvalue weighted by Gasteiger charge is -2.27. The summed E-state index contributed by atoms with van der Waals surface area (Å²) in [5, 5.41) is 4.94. The molecule has 1 aliphatic heterocycles. The summed E-state index contributed by atoms with van der Waals surface area (Å²) in [5.41, 5.74) is -0.0336. The second-order valence-electron chi connectivity index (χ2n) is 15.9. The van der Waals surface area contributed by atoms with E-state index in [1.165, 1.54) is 9.80 Å². The van der Waals surface area contributed by atoms with Crippen molar-refractivity contribution in [3.63, 3.8) is 0 Å². The van der Waals surface area contributed by atoms with Crippen LogP contribution in [0.4, 0.5) is 30.6 Å². The largest absolute Gasteiger partial charge is 0.444 e. The number of nitrogens with zero attached hydrogens (tertiary/aromatic N) is 4. The molecule has 1 fully saturated rings. The first-order valence-corrected chi connectivity index (χ1v) is 16.7. The van der Waals surface area contributed by atoms with E-state index in [0.29, 0.717) is 17.8 Å². The molecular weight excluding hydrogens is 656 g/mol. The lowest BCUT2D eigenvalue weighted by Crippen LogP contribution is -2.47. The number of amides is 4. The van der Waals surface area contributed by atoms with Crippen LogP contribution in [0.5, 0.6) is 0 Å². The van der Waals surface area contributed by atoms with Crippen LogP contribution in [0.15, 0.2) is 58.5 Å². The average molecular weight is 709 g/mol. The molecule has 0 atom stereocenters. The maximum atomic E-state index is 13.0. The zero-order chi connectivity index (χ0) is 38.4. The summed E-state index contributed by atoms with van der Waals surface area (Å²) >= 11 is 0. The molecule has 0 saturated carbocycles. The Morgan fingerprint density at radius 2 is 0.922 bits per heavy atom. The number of aliphatic imine (C=N–C) groups is 2. The molecule has 1 heterocycles. The van der Waals surface area contributed by atoms with E-state index in [9.17, 15) is 19.2 Å². The van der Waals surface area contributed by atoms with Crippen LogP contribution < -0.4 is 10.6 Å². The van der Waals surface area contributed by atoms with Crippen molar-refractivity contribution in [1.29, 1.82) is 0 Å². The molecule has 0 aliphatic carbocycles. The number of hydrogen-bond acceptors (Lipinski definition) is 10. The van der Waals surface area contributed by atoms with Crippen molar-refractivity contribution >= 4 is 47.7 Å². The highest BCUT2D eigenvalue weighted by Gasteiger charge is 2.39. The summed E-state index contributed by atoms with van der Waals surface area (Å²) in [4.78, 5) is 62.7. The van der Waals surface area contributed by atoms with Crippen molar-refractivity contribution in [1.82, 2.24) is 20.4 Å². The van der Waals surface area contributed by atoms with Gasteiger partial charge in [0.05, 0.1) is 24.5 Å². The number of benzene rings is 2. The summed E-state index contributed by atoms with van der Waals surface area (Å²) < 4.78 is 21.8. The van der Waals surface area contributed by atoms with E-state index in [0.717, 1.165) is 11.1 Å². The van der Waals surface area contributed by atoms with Gasteiger partial charge in [0.25, 0.3) is 0 Å². The molecule has 1 saturated heterocycles. The number of guanidine groups is 2. The number of carbonyl (C=O) groups excluding carboxylic acids is 4. The van der Waals surface area contributed by atoms with E-state index in [1.807, 2.05) is 24.3 Å². The Morgan fingerprint density at radius 1 is 0.569 bits per heavy atom. The predicted octanol–water partition coefficient (Wildman–Crippen LogP) is 7.79. The number of nitrogens with one attached hydrogen (secondary N) is 2. The van der Waals surface area contributed by atoms with Crippen LogP contribution in [-0.2, 0) is 25.4 Å². The molecule has 14 heteroatoms. The molecule has 0 unspecified atom stereocenters. The summed E-state index contributed by atoms with van der Waals surface area (Å²) in [7, 11) is 0. The van der Waals surface area contributed by atoms with Gasteiger partial charge in [-0.15, -0.1) is 0 Å². The van der Waals surface area contributed by atoms with Gasteiger partial charge in [-0.1, -0.05) is 24.3 Å². The van der Waals surface area contributed by atoms with Crippen molar-refractivity contribution in [3.05, 3.63) is 59.7 Å². The third-order valence-corrected chi connectivity index (χ3v) is 6.25. The fraction of sp³-hybridized carbons (Fsp3) is 0.514. The SMILES string of the molecule is CC(C)(C)OC(=O)NC(=Nc1ccc(Cc2ccc(N=C3N(C(=O)OC(C)(C)C)CCN3C(=O)OC(C)(C)C)cc2)cc1)NC(=O)OC(C)(C)C. The van der Waals surface area contributed by atoms with E-state index in [1.54, 1.807) is 107 Å². The normalized spacial score (nSPS) is 13.6. The zero-order valence-corrected chi connectivity index (χ0v) is 31.8. The molecule has 278 valence electrons. The van der Waals surface area contributed by atoms with Gasteiger partial charge in [0.2, 0.25) is 11.9 Å². The van der Waals surface area contributed by atoms with Gasteiger partial charge in [0.1, 0.15) is 22.4 Å². The smallest absolute Gasteiger partial charge is 0.417 e. The van der Waals surface area contributed by atoms with Crippen molar-refractivity contribution in [2.45, 2.75) is 112 Å². The molecule has 2 aromatic carbocycles. The molecule has 51 heavy (non-hydrogen) atoms. The van der Waals surface area contributed by atoms with Gasteiger partial charge in [-0.2, -0.15) is 0 Å². The van der Waals surface area contributed by atoms with E-state index >= 15 is 0 Å². The monoisotopic (exact) mass is 708 g/mol. The first-order valence-electron chi connectivity index (χ1n) is 16.7. The number of carbonyl (C=O) groups is 4. The molecule has 2 aromatic rings. The fourth-order valence-electron chi connectivity index (χ4n) is 4.39. The molecule has 0 radical (unpaired) electrons. The second-order valence-corrected chi connectivity index (χ2v) is 15.9. The summed E-state index contributed by atoms with van der Waals surface area (Å²) in [5.74, 6) is -0.0229. The molecule has 3 rings (SSSR count). The van der Waals surface area contributed by atoms with Crippen LogP contribution in [0.1, 0.15) is 94.2 Å². The predicted molar refractivity (Wildman–Crippen MR) is 194 cm³/mol. The molecule has 0 bridgehead atoms. The molecule has 4 amide bonds. The first-order chi connectivity index (χ1) is 23.4. The average Bonchev–Trinajstić information content (AvgIpc) is 3.35. The Labute approximate surface area is 300 Å². The Hall–Kier alpha value is -5.14. The second kappa shape index (κ2) is 15.8. The quantitative estimate of drug-likeness (QED) is 0.185. The number of rotatable bonds is 4. The summed E-state index contributed by atoms with van der Waals surface area (Å²) in [6, 6.07) is 14.7. The zero-order valence-electron chi connectivity index (χ0n) is 31.8. The molecule has 1 aliphatic rings. The van der Waals surface area contributed by atoms with Crippen molar-refractivity contribution < 1.29 is 38.1 Å². The van der Waals surface area contributed by atoms with Gasteiger partial charge in [0, 0.05) is 0 Å². The summed E-state index contributed by atoms with van der Waals surface area (Å²) in [6.07, 6.45) is -2.21. The maximum Gasteiger partial charge on any atom is 0.417 e. The van der Waals surface area contributed by atoms with E-state index < -0.39 is 46.8 Å². The van der Waals surface area contributed by atoms with Crippen LogP contribution in [-0.4, -0.2) is 81.6 Å². The van der Waals surface area contributed by atoms with Gasteiger partial charge in [0.15, 0.2) is 0 Å². The maximum absolute atomic E-state index is 13.0. The fourth-order valence-corrected chi connectivity index (χ4v) is 4.39.